The second-order valence-electron chi connectivity index (χ2n) is 4.39. The Bertz CT molecular complexity index is 285. The highest BCUT2D eigenvalue weighted by molar-refractivity contribution is 8.00. The number of thioether (sulfide) groups is 1. The lowest BCUT2D eigenvalue weighted by Crippen LogP contribution is -2.42. The third kappa shape index (κ3) is 5.73. The van der Waals surface area contributed by atoms with Crippen LogP contribution in [0.4, 0.5) is 0 Å². The Morgan fingerprint density at radius 2 is 2.22 bits per heavy atom. The fourth-order valence-electron chi connectivity index (χ4n) is 2.03. The van der Waals surface area contributed by atoms with Gasteiger partial charge in [-0.1, -0.05) is 0 Å². The number of carbonyl (C=O) groups is 2. The highest BCUT2D eigenvalue weighted by Gasteiger charge is 2.23. The second kappa shape index (κ2) is 8.37. The average molecular weight is 275 g/mol. The molecule has 1 heterocycles. The maximum absolute atomic E-state index is 11.9. The van der Waals surface area contributed by atoms with Crippen LogP contribution in [-0.2, 0) is 14.3 Å². The molecule has 104 valence electrons. The molecule has 0 spiro atoms. The Labute approximate surface area is 112 Å². The summed E-state index contributed by atoms with van der Waals surface area (Å²) in [7, 11) is 0. The molecular formula is C12H21NO4S. The monoisotopic (exact) mass is 275 g/mol. The number of amides is 1. The lowest BCUT2D eigenvalue weighted by molar-refractivity contribution is -0.133. The van der Waals surface area contributed by atoms with Crippen LogP contribution in [0, 0.1) is 5.92 Å². The number of carboxylic acids is 1. The van der Waals surface area contributed by atoms with Crippen LogP contribution in [-0.4, -0.2) is 59.7 Å². The lowest BCUT2D eigenvalue weighted by atomic mass is 9.99. The topological polar surface area (TPSA) is 66.8 Å². The van der Waals surface area contributed by atoms with E-state index >= 15 is 0 Å². The molecule has 1 aliphatic heterocycles. The molecule has 1 aliphatic rings. The number of nitrogens with zero attached hydrogens (tertiary/aromatic N) is 1. The smallest absolute Gasteiger partial charge is 0.313 e. The molecule has 1 fully saturated rings. The van der Waals surface area contributed by atoms with Crippen molar-refractivity contribution in [3.8, 4) is 0 Å². The minimum Gasteiger partial charge on any atom is -0.481 e. The van der Waals surface area contributed by atoms with E-state index in [1.165, 1.54) is 0 Å². The molecule has 1 N–H and O–H groups in total. The first-order valence-electron chi connectivity index (χ1n) is 6.28. The Balaban J connectivity index is 2.27. The number of hydrogen-bond donors (Lipinski definition) is 1. The molecule has 0 aromatic heterocycles. The first-order valence-corrected chi connectivity index (χ1v) is 7.44. The lowest BCUT2D eigenvalue weighted by Gasteiger charge is -2.32. The number of ether oxygens (including phenoxy) is 1. The van der Waals surface area contributed by atoms with Gasteiger partial charge in [0.2, 0.25) is 5.91 Å². The second-order valence-corrected chi connectivity index (χ2v) is 5.38. The number of carbonyl (C=O) groups excluding carboxylic acids is 1. The summed E-state index contributed by atoms with van der Waals surface area (Å²) in [5.74, 6) is -0.162. The van der Waals surface area contributed by atoms with E-state index in [2.05, 4.69) is 0 Å². The summed E-state index contributed by atoms with van der Waals surface area (Å²) in [4.78, 5) is 24.1. The SMILES string of the molecule is CCOCC1CCCN(C(=O)CSCC(=O)O)C1. The minimum absolute atomic E-state index is 0.0120. The van der Waals surface area contributed by atoms with Crippen LogP contribution in [0.2, 0.25) is 0 Å². The van der Waals surface area contributed by atoms with Crippen molar-refractivity contribution in [1.82, 2.24) is 4.90 Å². The quantitative estimate of drug-likeness (QED) is 0.753. The van der Waals surface area contributed by atoms with E-state index in [0.29, 0.717) is 19.1 Å². The van der Waals surface area contributed by atoms with Crippen molar-refractivity contribution >= 4 is 23.6 Å². The van der Waals surface area contributed by atoms with E-state index in [9.17, 15) is 9.59 Å². The average Bonchev–Trinajstić information content (AvgIpc) is 2.36. The molecule has 1 saturated heterocycles. The van der Waals surface area contributed by atoms with Gasteiger partial charge in [0.25, 0.3) is 0 Å². The van der Waals surface area contributed by atoms with Crippen molar-refractivity contribution < 1.29 is 19.4 Å². The van der Waals surface area contributed by atoms with Crippen LogP contribution < -0.4 is 0 Å². The van der Waals surface area contributed by atoms with Crippen LogP contribution in [0.15, 0.2) is 0 Å². The molecule has 1 atom stereocenters. The van der Waals surface area contributed by atoms with Crippen LogP contribution >= 0.6 is 11.8 Å². The van der Waals surface area contributed by atoms with Crippen molar-refractivity contribution in [1.29, 1.82) is 0 Å². The molecule has 5 nitrogen and oxygen atoms in total. The van der Waals surface area contributed by atoms with Gasteiger partial charge in [-0.3, -0.25) is 9.59 Å². The number of rotatable bonds is 7. The van der Waals surface area contributed by atoms with Gasteiger partial charge in [-0.2, -0.15) is 0 Å². The Kier molecular flexibility index (Phi) is 7.12. The molecular weight excluding hydrogens is 254 g/mol. The van der Waals surface area contributed by atoms with Crippen molar-refractivity contribution in [2.75, 3.05) is 37.8 Å². The molecule has 1 unspecified atom stereocenters. The molecule has 0 radical (unpaired) electrons. The Hall–Kier alpha value is -0.750. The Morgan fingerprint density at radius 1 is 1.44 bits per heavy atom. The van der Waals surface area contributed by atoms with Gasteiger partial charge in [-0.25, -0.2) is 0 Å². The van der Waals surface area contributed by atoms with Gasteiger partial charge in [0, 0.05) is 19.7 Å². The predicted molar refractivity (Wildman–Crippen MR) is 70.8 cm³/mol. The normalized spacial score (nSPS) is 19.8. The van der Waals surface area contributed by atoms with Gasteiger partial charge in [0.15, 0.2) is 0 Å². The maximum atomic E-state index is 11.9. The molecule has 1 amide bonds. The summed E-state index contributed by atoms with van der Waals surface area (Å²) in [5, 5.41) is 8.51. The van der Waals surface area contributed by atoms with Gasteiger partial charge in [-0.15, -0.1) is 11.8 Å². The van der Waals surface area contributed by atoms with Crippen LogP contribution in [0.5, 0.6) is 0 Å². The zero-order chi connectivity index (χ0) is 13.4. The first kappa shape index (κ1) is 15.3. The summed E-state index contributed by atoms with van der Waals surface area (Å²) in [5.41, 5.74) is 0. The molecule has 0 saturated carbocycles. The zero-order valence-electron chi connectivity index (χ0n) is 10.8. The van der Waals surface area contributed by atoms with Crippen LogP contribution in [0.3, 0.4) is 0 Å². The number of piperidine rings is 1. The minimum atomic E-state index is -0.874. The predicted octanol–water partition coefficient (Wildman–Crippen LogP) is 1.08. The third-order valence-corrected chi connectivity index (χ3v) is 3.78. The van der Waals surface area contributed by atoms with Gasteiger partial charge >= 0.3 is 5.97 Å². The van der Waals surface area contributed by atoms with Crippen LogP contribution in [0.25, 0.3) is 0 Å². The van der Waals surface area contributed by atoms with E-state index in [4.69, 9.17) is 9.84 Å². The molecule has 0 aliphatic carbocycles. The molecule has 0 aromatic carbocycles. The van der Waals surface area contributed by atoms with E-state index in [0.717, 1.165) is 37.7 Å². The van der Waals surface area contributed by atoms with Crippen molar-refractivity contribution in [3.63, 3.8) is 0 Å². The Morgan fingerprint density at radius 3 is 2.89 bits per heavy atom. The maximum Gasteiger partial charge on any atom is 0.313 e. The van der Waals surface area contributed by atoms with Gasteiger partial charge in [0.05, 0.1) is 18.1 Å². The van der Waals surface area contributed by atoms with Crippen molar-refractivity contribution in [3.05, 3.63) is 0 Å². The fourth-order valence-corrected chi connectivity index (χ4v) is 2.66. The summed E-state index contributed by atoms with van der Waals surface area (Å²) < 4.78 is 5.39. The largest absolute Gasteiger partial charge is 0.481 e. The molecule has 0 aromatic rings. The number of hydrogen-bond acceptors (Lipinski definition) is 4. The highest BCUT2D eigenvalue weighted by Crippen LogP contribution is 2.17. The van der Waals surface area contributed by atoms with E-state index in [-0.39, 0.29) is 17.4 Å². The molecule has 6 heteroatoms. The van der Waals surface area contributed by atoms with Gasteiger partial charge in [-0.05, 0) is 25.7 Å². The highest BCUT2D eigenvalue weighted by atomic mass is 32.2. The van der Waals surface area contributed by atoms with Gasteiger partial charge < -0.3 is 14.7 Å². The van der Waals surface area contributed by atoms with Crippen LogP contribution in [0.1, 0.15) is 19.8 Å². The number of aliphatic carboxylic acids is 1. The molecule has 0 bridgehead atoms. The van der Waals surface area contributed by atoms with E-state index in [1.54, 1.807) is 0 Å². The summed E-state index contributed by atoms with van der Waals surface area (Å²) >= 11 is 1.16. The summed E-state index contributed by atoms with van der Waals surface area (Å²) in [6, 6.07) is 0. The number of carboxylic acid groups (broad SMARTS) is 1. The van der Waals surface area contributed by atoms with E-state index in [1.807, 2.05) is 11.8 Å². The van der Waals surface area contributed by atoms with E-state index < -0.39 is 5.97 Å². The first-order chi connectivity index (χ1) is 8.63. The summed E-state index contributed by atoms with van der Waals surface area (Å²) in [6.45, 7) is 4.91. The van der Waals surface area contributed by atoms with Crippen molar-refractivity contribution in [2.24, 2.45) is 5.92 Å². The zero-order valence-corrected chi connectivity index (χ0v) is 11.6. The third-order valence-electron chi connectivity index (χ3n) is 2.88. The molecule has 18 heavy (non-hydrogen) atoms. The van der Waals surface area contributed by atoms with Gasteiger partial charge in [0.1, 0.15) is 0 Å². The standard InChI is InChI=1S/C12H21NO4S/c1-2-17-7-10-4-3-5-13(6-10)11(14)8-18-9-12(15)16/h10H,2-9H2,1H3,(H,15,16). The number of likely N-dealkylation sites (tertiary alicyclic amines) is 1. The molecule has 1 rings (SSSR count). The van der Waals surface area contributed by atoms with Crippen molar-refractivity contribution in [2.45, 2.75) is 19.8 Å². The fraction of sp³-hybridized carbons (Fsp3) is 0.833. The summed E-state index contributed by atoms with van der Waals surface area (Å²) in [6.07, 6.45) is 2.11.